The van der Waals surface area contributed by atoms with Crippen molar-refractivity contribution in [2.24, 2.45) is 0 Å². The van der Waals surface area contributed by atoms with Crippen LogP contribution in [0.4, 0.5) is 17.1 Å². The fraction of sp³-hybridized carbons (Fsp3) is 0.138. The van der Waals surface area contributed by atoms with E-state index in [0.29, 0.717) is 22.3 Å². The first-order valence-electron chi connectivity index (χ1n) is 12.4. The number of benzene rings is 4. The number of aryl methyl sites for hydroxylation is 1. The molecule has 0 radical (unpaired) electrons. The zero-order chi connectivity index (χ0) is 30.4. The van der Waals surface area contributed by atoms with Crippen molar-refractivity contribution in [1.29, 1.82) is 0 Å². The summed E-state index contributed by atoms with van der Waals surface area (Å²) in [7, 11) is -1.51. The van der Waals surface area contributed by atoms with Crippen LogP contribution in [0.2, 0.25) is 5.02 Å². The van der Waals surface area contributed by atoms with Crippen LogP contribution in [0.5, 0.6) is 23.0 Å². The van der Waals surface area contributed by atoms with Gasteiger partial charge in [-0.3, -0.25) is 19.2 Å². The number of nitrogens with zero attached hydrogens (tertiary/aromatic N) is 2. The maximum absolute atomic E-state index is 13.8. The van der Waals surface area contributed by atoms with E-state index in [4.69, 9.17) is 25.8 Å². The van der Waals surface area contributed by atoms with Crippen LogP contribution in [-0.2, 0) is 14.8 Å². The summed E-state index contributed by atoms with van der Waals surface area (Å²) in [6, 6.07) is 21.0. The van der Waals surface area contributed by atoms with Crippen LogP contribution in [0.25, 0.3) is 0 Å². The normalized spacial score (nSPS) is 11.0. The van der Waals surface area contributed by atoms with Gasteiger partial charge in [0.05, 0.1) is 35.4 Å². The van der Waals surface area contributed by atoms with Gasteiger partial charge in [-0.1, -0.05) is 29.8 Å². The number of nitrogens with one attached hydrogen (secondary N) is 1. The number of para-hydroxylation sites is 2. The highest BCUT2D eigenvalue weighted by atomic mass is 35.5. The SMILES string of the molecule is COc1ccc(N(CC(=O)Nc2cc(Cl)ccc2Oc2ccccc2OC)S(=O)(=O)c2ccc(C)c([N+](=O)[O-])c2)cc1. The van der Waals surface area contributed by atoms with Gasteiger partial charge < -0.3 is 19.5 Å². The van der Waals surface area contributed by atoms with Gasteiger partial charge in [-0.15, -0.1) is 0 Å². The van der Waals surface area contributed by atoms with E-state index in [9.17, 15) is 23.3 Å². The summed E-state index contributed by atoms with van der Waals surface area (Å²) in [5.74, 6) is 0.784. The summed E-state index contributed by atoms with van der Waals surface area (Å²) in [6.45, 7) is 0.815. The molecule has 218 valence electrons. The summed E-state index contributed by atoms with van der Waals surface area (Å²) in [5, 5.41) is 14.5. The molecule has 0 atom stereocenters. The monoisotopic (exact) mass is 611 g/mol. The Labute approximate surface area is 247 Å². The van der Waals surface area contributed by atoms with E-state index < -0.39 is 27.4 Å². The standard InChI is InChI=1S/C29H26ClN3O8S/c1-19-8-14-23(17-25(19)33(35)36)42(37,38)32(21-10-12-22(39-2)13-11-21)18-29(34)31-24-16-20(30)9-15-26(24)41-28-7-5-4-6-27(28)40-3/h4-17H,18H2,1-3H3,(H,31,34). The minimum absolute atomic E-state index is 0.130. The molecule has 1 amide bonds. The number of hydrogen-bond acceptors (Lipinski definition) is 8. The third-order valence-electron chi connectivity index (χ3n) is 6.12. The lowest BCUT2D eigenvalue weighted by atomic mass is 10.2. The average molecular weight is 612 g/mol. The molecule has 0 saturated heterocycles. The lowest BCUT2D eigenvalue weighted by Crippen LogP contribution is -2.38. The number of nitro benzene ring substituents is 1. The van der Waals surface area contributed by atoms with Crippen LogP contribution in [0.1, 0.15) is 5.56 Å². The highest BCUT2D eigenvalue weighted by Gasteiger charge is 2.30. The summed E-state index contributed by atoms with van der Waals surface area (Å²) in [5.41, 5.74) is 0.228. The second-order valence-corrected chi connectivity index (χ2v) is 11.2. The predicted octanol–water partition coefficient (Wildman–Crippen LogP) is 6.20. The fourth-order valence-electron chi connectivity index (χ4n) is 3.97. The van der Waals surface area contributed by atoms with Crippen molar-refractivity contribution in [2.75, 3.05) is 30.4 Å². The molecule has 0 aliphatic heterocycles. The summed E-state index contributed by atoms with van der Waals surface area (Å²) in [6.07, 6.45) is 0. The third kappa shape index (κ3) is 6.73. The Bertz CT molecular complexity index is 1730. The van der Waals surface area contributed by atoms with Crippen LogP contribution in [0.3, 0.4) is 0 Å². The summed E-state index contributed by atoms with van der Waals surface area (Å²) < 4.78 is 45.0. The molecule has 0 saturated carbocycles. The van der Waals surface area contributed by atoms with E-state index in [-0.39, 0.29) is 33.3 Å². The van der Waals surface area contributed by atoms with Gasteiger partial charge in [0.1, 0.15) is 12.3 Å². The zero-order valence-corrected chi connectivity index (χ0v) is 24.3. The lowest BCUT2D eigenvalue weighted by Gasteiger charge is -2.24. The number of halogens is 1. The molecule has 11 nitrogen and oxygen atoms in total. The molecule has 42 heavy (non-hydrogen) atoms. The maximum Gasteiger partial charge on any atom is 0.273 e. The average Bonchev–Trinajstić information content (AvgIpc) is 2.97. The molecule has 0 aliphatic rings. The number of hydrogen-bond donors (Lipinski definition) is 1. The number of nitro groups is 1. The topological polar surface area (TPSA) is 137 Å². The van der Waals surface area contributed by atoms with E-state index in [1.807, 2.05) is 0 Å². The van der Waals surface area contributed by atoms with Crippen molar-refractivity contribution in [2.45, 2.75) is 11.8 Å². The van der Waals surface area contributed by atoms with E-state index in [2.05, 4.69) is 5.32 Å². The molecule has 0 aromatic heterocycles. The molecule has 0 bridgehead atoms. The van der Waals surface area contributed by atoms with Crippen LogP contribution in [0, 0.1) is 17.0 Å². The smallest absolute Gasteiger partial charge is 0.273 e. The van der Waals surface area contributed by atoms with Crippen LogP contribution in [0.15, 0.2) is 89.8 Å². The molecule has 13 heteroatoms. The van der Waals surface area contributed by atoms with Gasteiger partial charge >= 0.3 is 0 Å². The van der Waals surface area contributed by atoms with Gasteiger partial charge in [-0.2, -0.15) is 0 Å². The van der Waals surface area contributed by atoms with Gasteiger partial charge in [0, 0.05) is 16.7 Å². The van der Waals surface area contributed by atoms with Crippen molar-refractivity contribution in [1.82, 2.24) is 0 Å². The minimum Gasteiger partial charge on any atom is -0.497 e. The first-order chi connectivity index (χ1) is 20.0. The number of rotatable bonds is 11. The largest absolute Gasteiger partial charge is 0.497 e. The Hall–Kier alpha value is -4.81. The predicted molar refractivity (Wildman–Crippen MR) is 159 cm³/mol. The van der Waals surface area contributed by atoms with Gasteiger partial charge in [0.15, 0.2) is 17.2 Å². The van der Waals surface area contributed by atoms with Crippen LogP contribution in [-0.4, -0.2) is 40.0 Å². The molecule has 0 fully saturated rings. The molecular weight excluding hydrogens is 586 g/mol. The Morgan fingerprint density at radius 3 is 2.26 bits per heavy atom. The van der Waals surface area contributed by atoms with Crippen molar-refractivity contribution >= 4 is 44.6 Å². The minimum atomic E-state index is -4.46. The molecule has 0 heterocycles. The van der Waals surface area contributed by atoms with Crippen LogP contribution >= 0.6 is 11.6 Å². The van der Waals surface area contributed by atoms with E-state index in [1.165, 1.54) is 63.6 Å². The summed E-state index contributed by atoms with van der Waals surface area (Å²) in [4.78, 5) is 23.9. The number of ether oxygens (including phenoxy) is 3. The molecule has 4 aromatic rings. The van der Waals surface area contributed by atoms with Crippen LogP contribution < -0.4 is 23.8 Å². The Morgan fingerprint density at radius 2 is 1.62 bits per heavy atom. The zero-order valence-electron chi connectivity index (χ0n) is 22.7. The van der Waals surface area contributed by atoms with E-state index in [1.54, 1.807) is 36.4 Å². The van der Waals surface area contributed by atoms with Crippen molar-refractivity contribution in [3.8, 4) is 23.0 Å². The molecule has 0 spiro atoms. The van der Waals surface area contributed by atoms with E-state index in [0.717, 1.165) is 10.4 Å². The molecule has 0 aliphatic carbocycles. The number of sulfonamides is 1. The molecule has 4 rings (SSSR count). The molecule has 1 N–H and O–H groups in total. The van der Waals surface area contributed by atoms with Crippen molar-refractivity contribution < 1.29 is 32.3 Å². The highest BCUT2D eigenvalue weighted by Crippen LogP contribution is 2.36. The first kappa shape index (κ1) is 30.2. The lowest BCUT2D eigenvalue weighted by molar-refractivity contribution is -0.385. The second-order valence-electron chi connectivity index (χ2n) is 8.86. The number of amides is 1. The third-order valence-corrected chi connectivity index (χ3v) is 8.12. The Balaban J connectivity index is 1.69. The quantitative estimate of drug-likeness (QED) is 0.156. The van der Waals surface area contributed by atoms with E-state index >= 15 is 0 Å². The van der Waals surface area contributed by atoms with Crippen molar-refractivity contribution in [3.05, 3.63) is 106 Å². The maximum atomic E-state index is 13.8. The molecule has 4 aromatic carbocycles. The first-order valence-corrected chi connectivity index (χ1v) is 14.2. The molecule has 0 unspecified atom stereocenters. The number of anilines is 2. The van der Waals surface area contributed by atoms with Gasteiger partial charge in [0.2, 0.25) is 5.91 Å². The number of methoxy groups -OCH3 is 2. The molecular formula is C29H26ClN3O8S. The van der Waals surface area contributed by atoms with Gasteiger partial charge in [-0.25, -0.2) is 8.42 Å². The number of carbonyl (C=O) groups excluding carboxylic acids is 1. The second kappa shape index (κ2) is 12.8. The summed E-state index contributed by atoms with van der Waals surface area (Å²) >= 11 is 6.19. The van der Waals surface area contributed by atoms with Gasteiger partial charge in [-0.05, 0) is 67.6 Å². The Kier molecular flexibility index (Phi) is 9.18. The Morgan fingerprint density at radius 1 is 0.929 bits per heavy atom. The highest BCUT2D eigenvalue weighted by molar-refractivity contribution is 7.92. The fourth-order valence-corrected chi connectivity index (χ4v) is 5.58. The van der Waals surface area contributed by atoms with Gasteiger partial charge in [0.25, 0.3) is 15.7 Å². The number of carbonyl (C=O) groups is 1. The van der Waals surface area contributed by atoms with Crippen molar-refractivity contribution in [3.63, 3.8) is 0 Å².